The number of carbonyl (C=O) groups is 1. The van der Waals surface area contributed by atoms with Gasteiger partial charge in [0.2, 0.25) is 0 Å². The number of halogens is 6. The summed E-state index contributed by atoms with van der Waals surface area (Å²) in [5, 5.41) is 8.67. The van der Waals surface area contributed by atoms with E-state index < -0.39 is 29.8 Å². The van der Waals surface area contributed by atoms with Crippen LogP contribution in [0.15, 0.2) is 66.8 Å². The lowest BCUT2D eigenvalue weighted by Crippen LogP contribution is -2.17. The molecule has 0 bridgehead atoms. The number of ether oxygens (including phenoxy) is 1. The van der Waals surface area contributed by atoms with E-state index in [2.05, 4.69) is 4.74 Å². The number of benzene rings is 2. The number of carboxylic acid groups (broad SMARTS) is 1. The summed E-state index contributed by atoms with van der Waals surface area (Å²) in [6.07, 6.45) is -6.09. The molecule has 0 aliphatic carbocycles. The summed E-state index contributed by atoms with van der Waals surface area (Å²) in [4.78, 5) is 10.6. The summed E-state index contributed by atoms with van der Waals surface area (Å²) >= 11 is 0. The lowest BCUT2D eigenvalue weighted by molar-refractivity contribution is -0.274. The van der Waals surface area contributed by atoms with Gasteiger partial charge in [-0.3, -0.25) is 0 Å². The van der Waals surface area contributed by atoms with E-state index in [0.29, 0.717) is 16.7 Å². The second kappa shape index (κ2) is 8.20. The lowest BCUT2D eigenvalue weighted by atomic mass is 9.96. The van der Waals surface area contributed by atoms with Crippen molar-refractivity contribution in [1.29, 1.82) is 0 Å². The van der Waals surface area contributed by atoms with Gasteiger partial charge in [0.25, 0.3) is 0 Å². The summed E-state index contributed by atoms with van der Waals surface area (Å²) in [6, 6.07) is 8.71. The number of allylic oxidation sites excluding steroid dienone is 2. The number of hydrogen-bond donors (Lipinski definition) is 1. The van der Waals surface area contributed by atoms with Gasteiger partial charge in [-0.05, 0) is 41.0 Å². The van der Waals surface area contributed by atoms with Crippen LogP contribution in [0.25, 0.3) is 5.57 Å². The number of alkyl halides is 6. The summed E-state index contributed by atoms with van der Waals surface area (Å²) in [7, 11) is 0. The van der Waals surface area contributed by atoms with Gasteiger partial charge in [-0.2, -0.15) is 13.2 Å². The third kappa shape index (κ3) is 6.19. The second-order valence-corrected chi connectivity index (χ2v) is 5.42. The highest BCUT2D eigenvalue weighted by molar-refractivity contribution is 5.84. The quantitative estimate of drug-likeness (QED) is 0.398. The molecule has 148 valence electrons. The molecule has 2 aromatic carbocycles. The van der Waals surface area contributed by atoms with Gasteiger partial charge in [-0.1, -0.05) is 36.4 Å². The van der Waals surface area contributed by atoms with Crippen LogP contribution in [0.1, 0.15) is 16.7 Å². The van der Waals surface area contributed by atoms with E-state index >= 15 is 0 Å². The molecule has 0 amide bonds. The van der Waals surface area contributed by atoms with Crippen LogP contribution < -0.4 is 4.74 Å². The average Bonchev–Trinajstić information content (AvgIpc) is 2.57. The van der Waals surface area contributed by atoms with E-state index in [1.165, 1.54) is 30.3 Å². The van der Waals surface area contributed by atoms with Gasteiger partial charge in [0.05, 0.1) is 5.56 Å². The first kappa shape index (κ1) is 21.1. The smallest absolute Gasteiger partial charge is 0.478 e. The normalized spacial score (nSPS) is 13.0. The van der Waals surface area contributed by atoms with E-state index in [-0.39, 0.29) is 0 Å². The monoisotopic (exact) mass is 402 g/mol. The van der Waals surface area contributed by atoms with Crippen LogP contribution in [0.5, 0.6) is 5.75 Å². The average molecular weight is 402 g/mol. The molecule has 0 aliphatic heterocycles. The van der Waals surface area contributed by atoms with Crippen LogP contribution in [0.4, 0.5) is 26.3 Å². The molecular formula is C19H12F6O3. The minimum Gasteiger partial charge on any atom is -0.478 e. The van der Waals surface area contributed by atoms with Crippen molar-refractivity contribution in [3.63, 3.8) is 0 Å². The Morgan fingerprint density at radius 1 is 0.857 bits per heavy atom. The fourth-order valence-corrected chi connectivity index (χ4v) is 2.26. The van der Waals surface area contributed by atoms with Crippen LogP contribution in [0.3, 0.4) is 0 Å². The fraction of sp³-hybridized carbons (Fsp3) is 0.105. The van der Waals surface area contributed by atoms with Crippen molar-refractivity contribution >= 4 is 11.5 Å². The Morgan fingerprint density at radius 3 is 1.79 bits per heavy atom. The Morgan fingerprint density at radius 2 is 1.36 bits per heavy atom. The molecule has 2 rings (SSSR count). The summed E-state index contributed by atoms with van der Waals surface area (Å²) in [5.41, 5.74) is 0.104. The fourth-order valence-electron chi connectivity index (χ4n) is 2.26. The molecule has 0 saturated heterocycles. The highest BCUT2D eigenvalue weighted by atomic mass is 19.4. The van der Waals surface area contributed by atoms with Crippen molar-refractivity contribution in [2.75, 3.05) is 0 Å². The van der Waals surface area contributed by atoms with Crippen molar-refractivity contribution in [2.45, 2.75) is 12.5 Å². The largest absolute Gasteiger partial charge is 0.573 e. The van der Waals surface area contributed by atoms with E-state index in [1.807, 2.05) is 0 Å². The molecule has 0 atom stereocenters. The first-order valence-electron chi connectivity index (χ1n) is 7.61. The molecule has 9 heteroatoms. The maximum Gasteiger partial charge on any atom is 0.573 e. The zero-order valence-electron chi connectivity index (χ0n) is 13.9. The summed E-state index contributed by atoms with van der Waals surface area (Å²) in [6.45, 7) is 0. The van der Waals surface area contributed by atoms with Gasteiger partial charge in [-0.15, -0.1) is 13.2 Å². The molecule has 0 radical (unpaired) electrons. The Balaban J connectivity index is 2.41. The molecule has 0 aromatic heterocycles. The zero-order valence-corrected chi connectivity index (χ0v) is 13.9. The number of hydrogen-bond acceptors (Lipinski definition) is 2. The zero-order chi connectivity index (χ0) is 20.9. The molecular weight excluding hydrogens is 390 g/mol. The minimum atomic E-state index is -4.86. The Bertz CT molecular complexity index is 876. The van der Waals surface area contributed by atoms with Gasteiger partial charge in [0, 0.05) is 6.08 Å². The van der Waals surface area contributed by atoms with Crippen LogP contribution in [-0.2, 0) is 11.0 Å². The third-order valence-electron chi connectivity index (χ3n) is 3.42. The second-order valence-electron chi connectivity index (χ2n) is 5.42. The van der Waals surface area contributed by atoms with Gasteiger partial charge in [0.15, 0.2) is 0 Å². The Labute approximate surface area is 155 Å². The van der Waals surface area contributed by atoms with Gasteiger partial charge < -0.3 is 9.84 Å². The number of carboxylic acids is 1. The SMILES string of the molecule is O=C(O)/C=C/C=C(\c1ccc(OC(F)(F)F)cc1)c1ccc(C(F)(F)F)cc1. The molecule has 0 spiro atoms. The molecule has 0 unspecified atom stereocenters. The Hall–Kier alpha value is -3.23. The van der Waals surface area contributed by atoms with Crippen molar-refractivity contribution < 1.29 is 41.0 Å². The summed E-state index contributed by atoms with van der Waals surface area (Å²) in [5.74, 6) is -1.71. The van der Waals surface area contributed by atoms with Crippen molar-refractivity contribution in [1.82, 2.24) is 0 Å². The van der Waals surface area contributed by atoms with Crippen LogP contribution in [0.2, 0.25) is 0 Å². The van der Waals surface area contributed by atoms with E-state index in [9.17, 15) is 31.1 Å². The minimum absolute atomic E-state index is 0.310. The predicted molar refractivity (Wildman–Crippen MR) is 88.4 cm³/mol. The maximum atomic E-state index is 12.7. The molecule has 0 aliphatic rings. The lowest BCUT2D eigenvalue weighted by Gasteiger charge is -2.12. The highest BCUT2D eigenvalue weighted by Gasteiger charge is 2.31. The highest BCUT2D eigenvalue weighted by Crippen LogP contribution is 2.32. The van der Waals surface area contributed by atoms with Crippen LogP contribution in [-0.4, -0.2) is 17.4 Å². The van der Waals surface area contributed by atoms with E-state index in [1.54, 1.807) is 0 Å². The van der Waals surface area contributed by atoms with Crippen LogP contribution >= 0.6 is 0 Å². The topological polar surface area (TPSA) is 46.5 Å². The van der Waals surface area contributed by atoms with Gasteiger partial charge >= 0.3 is 18.5 Å². The van der Waals surface area contributed by atoms with Crippen molar-refractivity contribution in [3.05, 3.63) is 83.4 Å². The van der Waals surface area contributed by atoms with Crippen molar-refractivity contribution in [3.8, 4) is 5.75 Å². The number of rotatable bonds is 5. The van der Waals surface area contributed by atoms with Gasteiger partial charge in [0.1, 0.15) is 5.75 Å². The van der Waals surface area contributed by atoms with E-state index in [4.69, 9.17) is 5.11 Å². The standard InChI is InChI=1S/C19H12F6O3/c20-18(21,22)14-8-4-12(5-9-14)16(2-1-3-17(26)27)13-6-10-15(11-7-13)28-19(23,24)25/h1-11H,(H,26,27)/b3-1+,16-2-. The summed E-state index contributed by atoms with van der Waals surface area (Å²) < 4.78 is 78.7. The molecule has 28 heavy (non-hydrogen) atoms. The first-order valence-corrected chi connectivity index (χ1v) is 7.61. The van der Waals surface area contributed by atoms with Gasteiger partial charge in [-0.25, -0.2) is 4.79 Å². The number of aliphatic carboxylic acids is 1. The van der Waals surface area contributed by atoms with E-state index in [0.717, 1.165) is 36.4 Å². The third-order valence-corrected chi connectivity index (χ3v) is 3.42. The van der Waals surface area contributed by atoms with Crippen LogP contribution in [0, 0.1) is 0 Å². The molecule has 2 aromatic rings. The molecule has 1 N–H and O–H groups in total. The predicted octanol–water partition coefficient (Wildman–Crippen LogP) is 5.68. The first-order chi connectivity index (χ1) is 13.0. The molecule has 0 heterocycles. The molecule has 0 fully saturated rings. The maximum absolute atomic E-state index is 12.7. The Kier molecular flexibility index (Phi) is 6.17. The van der Waals surface area contributed by atoms with Crippen molar-refractivity contribution in [2.24, 2.45) is 0 Å². The molecule has 3 nitrogen and oxygen atoms in total. The molecule has 0 saturated carbocycles.